The van der Waals surface area contributed by atoms with E-state index in [2.05, 4.69) is 30.9 Å². The SMILES string of the molecule is CC(C)C1(C2CCCCS2)CCCN1. The molecule has 0 radical (unpaired) electrons. The minimum absolute atomic E-state index is 0.477. The molecule has 2 heteroatoms. The molecule has 2 atom stereocenters. The summed E-state index contributed by atoms with van der Waals surface area (Å²) < 4.78 is 0. The van der Waals surface area contributed by atoms with Gasteiger partial charge in [-0.05, 0) is 43.9 Å². The first kappa shape index (κ1) is 10.8. The molecule has 0 aromatic heterocycles. The van der Waals surface area contributed by atoms with Crippen molar-refractivity contribution >= 4 is 11.8 Å². The molecule has 2 rings (SSSR count). The van der Waals surface area contributed by atoms with E-state index in [4.69, 9.17) is 0 Å². The van der Waals surface area contributed by atoms with Gasteiger partial charge < -0.3 is 5.32 Å². The highest BCUT2D eigenvalue weighted by Gasteiger charge is 2.43. The van der Waals surface area contributed by atoms with Crippen molar-refractivity contribution in [2.75, 3.05) is 12.3 Å². The molecule has 0 bridgehead atoms. The van der Waals surface area contributed by atoms with Crippen LogP contribution in [0.3, 0.4) is 0 Å². The summed E-state index contributed by atoms with van der Waals surface area (Å²) in [7, 11) is 0. The van der Waals surface area contributed by atoms with E-state index in [0.717, 1.165) is 11.2 Å². The van der Waals surface area contributed by atoms with Crippen LogP contribution in [0, 0.1) is 5.92 Å². The van der Waals surface area contributed by atoms with Gasteiger partial charge in [-0.2, -0.15) is 11.8 Å². The maximum absolute atomic E-state index is 3.82. The lowest BCUT2D eigenvalue weighted by atomic mass is 9.80. The molecule has 0 aromatic carbocycles. The third kappa shape index (κ3) is 1.83. The van der Waals surface area contributed by atoms with Crippen molar-refractivity contribution in [1.29, 1.82) is 0 Å². The second kappa shape index (κ2) is 4.44. The van der Waals surface area contributed by atoms with E-state index in [1.165, 1.54) is 44.4 Å². The molecule has 0 amide bonds. The highest BCUT2D eigenvalue weighted by atomic mass is 32.2. The van der Waals surface area contributed by atoms with Gasteiger partial charge in [-0.25, -0.2) is 0 Å². The van der Waals surface area contributed by atoms with E-state index < -0.39 is 0 Å². The van der Waals surface area contributed by atoms with Crippen molar-refractivity contribution in [2.45, 2.75) is 56.7 Å². The molecule has 2 aliphatic heterocycles. The Hall–Kier alpha value is 0.310. The molecule has 2 fully saturated rings. The summed E-state index contributed by atoms with van der Waals surface area (Å²) in [6.07, 6.45) is 7.12. The fourth-order valence-corrected chi connectivity index (χ4v) is 4.84. The predicted octanol–water partition coefficient (Wildman–Crippen LogP) is 3.05. The van der Waals surface area contributed by atoms with Crippen molar-refractivity contribution < 1.29 is 0 Å². The lowest BCUT2D eigenvalue weighted by molar-refractivity contribution is 0.251. The van der Waals surface area contributed by atoms with E-state index in [0.29, 0.717) is 5.54 Å². The number of hydrogen-bond acceptors (Lipinski definition) is 2. The van der Waals surface area contributed by atoms with E-state index in [1.54, 1.807) is 0 Å². The molecule has 2 aliphatic rings. The second-order valence-electron chi connectivity index (χ2n) is 5.08. The van der Waals surface area contributed by atoms with Crippen LogP contribution in [-0.2, 0) is 0 Å². The van der Waals surface area contributed by atoms with Gasteiger partial charge in [-0.3, -0.25) is 0 Å². The maximum atomic E-state index is 3.82. The van der Waals surface area contributed by atoms with Crippen LogP contribution in [0.2, 0.25) is 0 Å². The van der Waals surface area contributed by atoms with Crippen molar-refractivity contribution in [2.24, 2.45) is 5.92 Å². The van der Waals surface area contributed by atoms with Gasteiger partial charge in [0.15, 0.2) is 0 Å². The van der Waals surface area contributed by atoms with Crippen molar-refractivity contribution in [3.05, 3.63) is 0 Å². The van der Waals surface area contributed by atoms with Crippen LogP contribution in [0.15, 0.2) is 0 Å². The molecule has 1 N–H and O–H groups in total. The molecular formula is C12H23NS. The van der Waals surface area contributed by atoms with Crippen LogP contribution in [0.4, 0.5) is 0 Å². The summed E-state index contributed by atoms with van der Waals surface area (Å²) in [6, 6.07) is 0. The Kier molecular flexibility index (Phi) is 3.43. The first-order valence-corrected chi connectivity index (χ1v) is 7.17. The van der Waals surface area contributed by atoms with Crippen LogP contribution in [0.25, 0.3) is 0 Å². The zero-order valence-electron chi connectivity index (χ0n) is 9.51. The number of hydrogen-bond donors (Lipinski definition) is 1. The van der Waals surface area contributed by atoms with Crippen LogP contribution in [-0.4, -0.2) is 23.1 Å². The normalized spacial score (nSPS) is 39.2. The maximum Gasteiger partial charge on any atom is 0.0323 e. The molecule has 0 aliphatic carbocycles. The van der Waals surface area contributed by atoms with E-state index in [9.17, 15) is 0 Å². The summed E-state index contributed by atoms with van der Waals surface area (Å²) in [4.78, 5) is 0. The van der Waals surface area contributed by atoms with Crippen LogP contribution < -0.4 is 5.32 Å². The highest BCUT2D eigenvalue weighted by Crippen LogP contribution is 2.41. The molecule has 2 saturated heterocycles. The monoisotopic (exact) mass is 213 g/mol. The van der Waals surface area contributed by atoms with E-state index in [1.807, 2.05) is 0 Å². The van der Waals surface area contributed by atoms with E-state index >= 15 is 0 Å². The molecule has 0 aromatic rings. The van der Waals surface area contributed by atoms with Gasteiger partial charge in [0, 0.05) is 10.8 Å². The third-order valence-corrected chi connectivity index (χ3v) is 5.59. The average molecular weight is 213 g/mol. The summed E-state index contributed by atoms with van der Waals surface area (Å²) in [5.41, 5.74) is 0.477. The van der Waals surface area contributed by atoms with Gasteiger partial charge in [0.1, 0.15) is 0 Å². The molecular weight excluding hydrogens is 190 g/mol. The topological polar surface area (TPSA) is 12.0 Å². The number of rotatable bonds is 2. The summed E-state index contributed by atoms with van der Waals surface area (Å²) in [5.74, 6) is 2.18. The molecule has 82 valence electrons. The third-order valence-electron chi connectivity index (χ3n) is 4.01. The molecule has 2 unspecified atom stereocenters. The van der Waals surface area contributed by atoms with Crippen LogP contribution >= 0.6 is 11.8 Å². The Morgan fingerprint density at radius 1 is 1.29 bits per heavy atom. The predicted molar refractivity (Wildman–Crippen MR) is 64.9 cm³/mol. The Balaban J connectivity index is 2.08. The van der Waals surface area contributed by atoms with Crippen molar-refractivity contribution in [3.8, 4) is 0 Å². The number of thioether (sulfide) groups is 1. The lowest BCUT2D eigenvalue weighted by Crippen LogP contribution is -2.53. The summed E-state index contributed by atoms with van der Waals surface area (Å²) in [5, 5.41) is 4.71. The van der Waals surface area contributed by atoms with Crippen LogP contribution in [0.1, 0.15) is 46.0 Å². The van der Waals surface area contributed by atoms with Gasteiger partial charge in [0.2, 0.25) is 0 Å². The number of nitrogens with one attached hydrogen (secondary N) is 1. The fourth-order valence-electron chi connectivity index (χ4n) is 3.08. The molecule has 0 spiro atoms. The Morgan fingerprint density at radius 3 is 2.64 bits per heavy atom. The van der Waals surface area contributed by atoms with Crippen molar-refractivity contribution in [1.82, 2.24) is 5.32 Å². The minimum Gasteiger partial charge on any atom is -0.310 e. The Bertz CT molecular complexity index is 179. The fraction of sp³-hybridized carbons (Fsp3) is 1.00. The first-order chi connectivity index (χ1) is 6.76. The minimum atomic E-state index is 0.477. The van der Waals surface area contributed by atoms with Gasteiger partial charge >= 0.3 is 0 Å². The van der Waals surface area contributed by atoms with Gasteiger partial charge in [-0.15, -0.1) is 0 Å². The quantitative estimate of drug-likeness (QED) is 0.756. The lowest BCUT2D eigenvalue weighted by Gasteiger charge is -2.43. The van der Waals surface area contributed by atoms with Crippen LogP contribution in [0.5, 0.6) is 0 Å². The van der Waals surface area contributed by atoms with Gasteiger partial charge in [-0.1, -0.05) is 20.3 Å². The average Bonchev–Trinajstić information content (AvgIpc) is 2.69. The summed E-state index contributed by atoms with van der Waals surface area (Å²) >= 11 is 2.23. The molecule has 0 saturated carbocycles. The molecule has 1 nitrogen and oxygen atoms in total. The first-order valence-electron chi connectivity index (χ1n) is 6.12. The standard InChI is InChI=1S/C12H23NS/c1-10(2)12(7-5-8-13-12)11-6-3-4-9-14-11/h10-11,13H,3-9H2,1-2H3. The Morgan fingerprint density at radius 2 is 2.14 bits per heavy atom. The second-order valence-corrected chi connectivity index (χ2v) is 6.39. The summed E-state index contributed by atoms with van der Waals surface area (Å²) in [6.45, 7) is 6.04. The zero-order chi connectivity index (χ0) is 10.0. The van der Waals surface area contributed by atoms with Gasteiger partial charge in [0.05, 0.1) is 0 Å². The molecule has 2 heterocycles. The largest absolute Gasteiger partial charge is 0.310 e. The zero-order valence-corrected chi connectivity index (χ0v) is 10.3. The highest BCUT2D eigenvalue weighted by molar-refractivity contribution is 8.00. The molecule has 14 heavy (non-hydrogen) atoms. The Labute approximate surface area is 92.4 Å². The van der Waals surface area contributed by atoms with Crippen molar-refractivity contribution in [3.63, 3.8) is 0 Å². The van der Waals surface area contributed by atoms with E-state index in [-0.39, 0.29) is 0 Å². The van der Waals surface area contributed by atoms with Gasteiger partial charge in [0.25, 0.3) is 0 Å². The smallest absolute Gasteiger partial charge is 0.0323 e.